The minimum absolute atomic E-state index is 0.266. The van der Waals surface area contributed by atoms with E-state index in [1.165, 1.54) is 6.26 Å². The molecular formula is C16H18N6O2S. The Balaban J connectivity index is 1.92. The summed E-state index contributed by atoms with van der Waals surface area (Å²) in [5.41, 5.74) is 14.2. The van der Waals surface area contributed by atoms with Gasteiger partial charge in [0.15, 0.2) is 15.7 Å². The molecule has 3 aromatic rings. The van der Waals surface area contributed by atoms with Gasteiger partial charge in [0.25, 0.3) is 0 Å². The number of rotatable bonds is 4. The summed E-state index contributed by atoms with van der Waals surface area (Å²) in [5.74, 6) is 0.832. The maximum atomic E-state index is 11.6. The highest BCUT2D eigenvalue weighted by Gasteiger charge is 2.17. The minimum atomic E-state index is -3.17. The molecule has 4 N–H and O–H groups in total. The topological polar surface area (TPSA) is 130 Å². The van der Waals surface area contributed by atoms with Crippen LogP contribution in [0.1, 0.15) is 17.7 Å². The molecule has 0 aliphatic heterocycles. The number of hydrogen-bond donors (Lipinski definition) is 2. The highest BCUT2D eigenvalue weighted by atomic mass is 32.2. The zero-order valence-corrected chi connectivity index (χ0v) is 14.6. The first kappa shape index (κ1) is 16.9. The van der Waals surface area contributed by atoms with Crippen molar-refractivity contribution in [1.82, 2.24) is 19.7 Å². The molecule has 3 rings (SSSR count). The molecular weight excluding hydrogens is 340 g/mol. The predicted molar refractivity (Wildman–Crippen MR) is 96.7 cm³/mol. The smallest absolute Gasteiger partial charge is 0.154 e. The molecule has 0 amide bonds. The van der Waals surface area contributed by atoms with Gasteiger partial charge in [-0.25, -0.2) is 23.1 Å². The van der Waals surface area contributed by atoms with Crippen LogP contribution >= 0.6 is 0 Å². The molecule has 9 heteroatoms. The molecule has 8 nitrogen and oxygen atoms in total. The van der Waals surface area contributed by atoms with Crippen LogP contribution in [0, 0.1) is 0 Å². The molecule has 0 radical (unpaired) electrons. The molecule has 0 fully saturated rings. The lowest BCUT2D eigenvalue weighted by Gasteiger charge is -2.09. The Kier molecular flexibility index (Phi) is 4.17. The van der Waals surface area contributed by atoms with Crippen LogP contribution in [0.15, 0.2) is 43.0 Å². The quantitative estimate of drug-likeness (QED) is 0.724. The molecule has 130 valence electrons. The Morgan fingerprint density at radius 2 is 1.88 bits per heavy atom. The van der Waals surface area contributed by atoms with Crippen LogP contribution in [-0.2, 0) is 9.84 Å². The summed E-state index contributed by atoms with van der Waals surface area (Å²) in [7, 11) is -3.17. The van der Waals surface area contributed by atoms with Gasteiger partial charge < -0.3 is 11.5 Å². The number of nitrogens with two attached hydrogens (primary N) is 2. The number of pyridine rings is 2. The van der Waals surface area contributed by atoms with Crippen molar-refractivity contribution in [3.8, 4) is 16.9 Å². The summed E-state index contributed by atoms with van der Waals surface area (Å²) < 4.78 is 24.9. The zero-order chi connectivity index (χ0) is 18.2. The van der Waals surface area contributed by atoms with E-state index in [9.17, 15) is 8.42 Å². The lowest BCUT2D eigenvalue weighted by atomic mass is 10.1. The van der Waals surface area contributed by atoms with Crippen molar-refractivity contribution >= 4 is 21.3 Å². The van der Waals surface area contributed by atoms with E-state index in [1.807, 2.05) is 0 Å². The fourth-order valence-electron chi connectivity index (χ4n) is 2.35. The van der Waals surface area contributed by atoms with Crippen molar-refractivity contribution in [2.45, 2.75) is 12.2 Å². The van der Waals surface area contributed by atoms with Gasteiger partial charge in [0.1, 0.15) is 5.82 Å². The van der Waals surface area contributed by atoms with E-state index in [2.05, 4.69) is 15.1 Å². The second kappa shape index (κ2) is 6.17. The Labute approximate surface area is 145 Å². The highest BCUT2D eigenvalue weighted by molar-refractivity contribution is 7.90. The van der Waals surface area contributed by atoms with E-state index in [0.717, 1.165) is 11.1 Å². The van der Waals surface area contributed by atoms with Crippen molar-refractivity contribution in [3.05, 3.63) is 48.5 Å². The van der Waals surface area contributed by atoms with Gasteiger partial charge in [-0.15, -0.1) is 0 Å². The normalized spacial score (nSPS) is 12.9. The van der Waals surface area contributed by atoms with Crippen LogP contribution < -0.4 is 11.5 Å². The van der Waals surface area contributed by atoms with E-state index >= 15 is 0 Å². The molecule has 25 heavy (non-hydrogen) atoms. The van der Waals surface area contributed by atoms with Gasteiger partial charge in [-0.05, 0) is 24.6 Å². The molecule has 0 saturated carbocycles. The van der Waals surface area contributed by atoms with Crippen molar-refractivity contribution < 1.29 is 8.42 Å². The summed E-state index contributed by atoms with van der Waals surface area (Å²) in [4.78, 5) is 8.24. The van der Waals surface area contributed by atoms with Gasteiger partial charge in [0, 0.05) is 36.0 Å². The molecule has 0 aliphatic rings. The molecule has 0 aromatic carbocycles. The van der Waals surface area contributed by atoms with Crippen LogP contribution in [0.5, 0.6) is 0 Å². The number of nitrogens with zero attached hydrogens (tertiary/aromatic N) is 4. The van der Waals surface area contributed by atoms with Gasteiger partial charge in [-0.1, -0.05) is 6.07 Å². The van der Waals surface area contributed by atoms with Crippen molar-refractivity contribution in [2.75, 3.05) is 17.7 Å². The second-order valence-corrected chi connectivity index (χ2v) is 8.12. The molecule has 3 aromatic heterocycles. The maximum absolute atomic E-state index is 11.6. The number of hydrogen-bond acceptors (Lipinski definition) is 7. The number of aromatic nitrogens is 4. The van der Waals surface area contributed by atoms with Gasteiger partial charge in [0.2, 0.25) is 0 Å². The minimum Gasteiger partial charge on any atom is -0.395 e. The summed E-state index contributed by atoms with van der Waals surface area (Å²) in [5, 5.41) is 3.67. The maximum Gasteiger partial charge on any atom is 0.154 e. The Morgan fingerprint density at radius 1 is 1.12 bits per heavy atom. The first-order chi connectivity index (χ1) is 11.8. The first-order valence-electron chi connectivity index (χ1n) is 7.47. The van der Waals surface area contributed by atoms with E-state index in [-0.39, 0.29) is 5.82 Å². The van der Waals surface area contributed by atoms with Crippen LogP contribution in [0.3, 0.4) is 0 Å². The van der Waals surface area contributed by atoms with E-state index < -0.39 is 15.1 Å². The number of nitrogen functional groups attached to an aromatic ring is 2. The van der Waals surface area contributed by atoms with E-state index in [1.54, 1.807) is 54.6 Å². The third kappa shape index (κ3) is 3.31. The van der Waals surface area contributed by atoms with Gasteiger partial charge in [-0.3, -0.25) is 0 Å². The number of anilines is 2. The molecule has 3 heterocycles. The molecule has 0 saturated heterocycles. The fourth-order valence-corrected chi connectivity index (χ4v) is 2.98. The lowest BCUT2D eigenvalue weighted by molar-refractivity contribution is 0.592. The largest absolute Gasteiger partial charge is 0.395 e. The van der Waals surface area contributed by atoms with Gasteiger partial charge in [0.05, 0.1) is 17.1 Å². The molecule has 0 aliphatic carbocycles. The Bertz CT molecular complexity index is 1010. The molecule has 1 atom stereocenters. The molecule has 1 unspecified atom stereocenters. The molecule has 0 bridgehead atoms. The summed E-state index contributed by atoms with van der Waals surface area (Å²) in [6.07, 6.45) is 7.75. The van der Waals surface area contributed by atoms with Gasteiger partial charge in [-0.2, -0.15) is 5.10 Å². The Morgan fingerprint density at radius 3 is 2.52 bits per heavy atom. The third-order valence-electron chi connectivity index (χ3n) is 4.03. The van der Waals surface area contributed by atoms with E-state index in [4.69, 9.17) is 11.5 Å². The summed E-state index contributed by atoms with van der Waals surface area (Å²) in [6.45, 7) is 1.63. The zero-order valence-electron chi connectivity index (χ0n) is 13.8. The monoisotopic (exact) mass is 358 g/mol. The second-order valence-electron chi connectivity index (χ2n) is 5.75. The predicted octanol–water partition coefficient (Wildman–Crippen LogP) is 1.60. The van der Waals surface area contributed by atoms with E-state index in [0.29, 0.717) is 17.1 Å². The van der Waals surface area contributed by atoms with Crippen LogP contribution in [0.25, 0.3) is 16.9 Å². The van der Waals surface area contributed by atoms with Crippen LogP contribution in [0.2, 0.25) is 0 Å². The van der Waals surface area contributed by atoms with Crippen molar-refractivity contribution in [2.24, 2.45) is 0 Å². The number of sulfone groups is 1. The average molecular weight is 358 g/mol. The van der Waals surface area contributed by atoms with Crippen LogP contribution in [-0.4, -0.2) is 34.4 Å². The lowest BCUT2D eigenvalue weighted by Crippen LogP contribution is -2.08. The van der Waals surface area contributed by atoms with Crippen molar-refractivity contribution in [1.29, 1.82) is 0 Å². The average Bonchev–Trinajstić information content (AvgIpc) is 3.06. The standard InChI is InChI=1S/C16H18N6O2S/c1-10(25(2,23)24)11-3-4-14(20-7-11)22-9-12(8-21-22)13-5-6-19-16(18)15(13)17/h3-10H,17H2,1-2H3,(H2,18,19). The first-order valence-corrected chi connectivity index (χ1v) is 9.43. The highest BCUT2D eigenvalue weighted by Crippen LogP contribution is 2.28. The third-order valence-corrected chi connectivity index (χ3v) is 5.59. The van der Waals surface area contributed by atoms with Crippen LogP contribution in [0.4, 0.5) is 11.5 Å². The molecule has 0 spiro atoms. The summed E-state index contributed by atoms with van der Waals surface area (Å²) in [6, 6.07) is 5.21. The summed E-state index contributed by atoms with van der Waals surface area (Å²) >= 11 is 0. The SMILES string of the molecule is CC(c1ccc(-n2cc(-c3ccnc(N)c3N)cn2)nc1)S(C)(=O)=O. The Hall–Kier alpha value is -2.94. The fraction of sp³-hybridized carbons (Fsp3) is 0.188. The van der Waals surface area contributed by atoms with Crippen molar-refractivity contribution in [3.63, 3.8) is 0 Å². The van der Waals surface area contributed by atoms with Gasteiger partial charge >= 0.3 is 0 Å².